The van der Waals surface area contributed by atoms with Gasteiger partial charge in [0.2, 0.25) is 5.91 Å². The minimum atomic E-state index is 0.129. The zero-order valence-corrected chi connectivity index (χ0v) is 10.7. The molecule has 3 atom stereocenters. The van der Waals surface area contributed by atoms with Crippen LogP contribution in [0.25, 0.3) is 0 Å². The number of fused-ring (bicyclic) bond motifs is 1. The van der Waals surface area contributed by atoms with E-state index in [4.69, 9.17) is 0 Å². The molecule has 2 heterocycles. The van der Waals surface area contributed by atoms with Crippen LogP contribution < -0.4 is 5.32 Å². The number of carbonyl (C=O) groups excluding carboxylic acids is 1. The highest BCUT2D eigenvalue weighted by molar-refractivity contribution is 5.82. The fourth-order valence-electron chi connectivity index (χ4n) is 3.94. The third-order valence-corrected chi connectivity index (χ3v) is 4.90. The molecule has 17 heavy (non-hydrogen) atoms. The molecule has 2 aliphatic heterocycles. The van der Waals surface area contributed by atoms with E-state index < -0.39 is 0 Å². The molecule has 3 unspecified atom stereocenters. The first-order chi connectivity index (χ1) is 8.36. The number of hydrogen-bond donors (Lipinski definition) is 1. The maximum atomic E-state index is 12.5. The molecule has 1 amide bonds. The Kier molecular flexibility index (Phi) is 3.37. The Morgan fingerprint density at radius 2 is 1.82 bits per heavy atom. The van der Waals surface area contributed by atoms with Crippen LogP contribution in [-0.2, 0) is 4.79 Å². The van der Waals surface area contributed by atoms with E-state index in [1.807, 2.05) is 0 Å². The lowest BCUT2D eigenvalue weighted by atomic mass is 9.85. The van der Waals surface area contributed by atoms with Gasteiger partial charge in [-0.3, -0.25) is 4.79 Å². The minimum Gasteiger partial charge on any atom is -0.338 e. The molecule has 0 radical (unpaired) electrons. The van der Waals surface area contributed by atoms with Crippen LogP contribution in [-0.4, -0.2) is 36.0 Å². The summed E-state index contributed by atoms with van der Waals surface area (Å²) in [4.78, 5) is 14.7. The number of likely N-dealkylation sites (tertiary alicyclic amines) is 1. The number of piperidine rings is 1. The van der Waals surface area contributed by atoms with Crippen molar-refractivity contribution in [3.05, 3.63) is 0 Å². The molecule has 2 saturated heterocycles. The van der Waals surface area contributed by atoms with Crippen molar-refractivity contribution in [1.82, 2.24) is 10.2 Å². The van der Waals surface area contributed by atoms with E-state index in [9.17, 15) is 4.79 Å². The highest BCUT2D eigenvalue weighted by Crippen LogP contribution is 2.36. The van der Waals surface area contributed by atoms with Gasteiger partial charge in [0.25, 0.3) is 0 Å². The van der Waals surface area contributed by atoms with E-state index in [2.05, 4.69) is 10.2 Å². The topological polar surface area (TPSA) is 32.3 Å². The molecule has 1 saturated carbocycles. The molecule has 0 spiro atoms. The highest BCUT2D eigenvalue weighted by Gasteiger charge is 2.40. The first-order valence-electron chi connectivity index (χ1n) is 7.40. The van der Waals surface area contributed by atoms with Crippen molar-refractivity contribution < 1.29 is 4.79 Å². The Balaban J connectivity index is 1.65. The van der Waals surface area contributed by atoms with Crippen LogP contribution in [0.3, 0.4) is 0 Å². The Morgan fingerprint density at radius 1 is 1.00 bits per heavy atom. The lowest BCUT2D eigenvalue weighted by Gasteiger charge is -2.35. The molecule has 3 aliphatic rings. The predicted molar refractivity (Wildman–Crippen MR) is 67.7 cm³/mol. The number of carbonyl (C=O) groups is 1. The molecule has 1 aliphatic carbocycles. The molecule has 0 aromatic rings. The van der Waals surface area contributed by atoms with Crippen molar-refractivity contribution >= 4 is 5.91 Å². The molecule has 1 N–H and O–H groups in total. The molecular weight excluding hydrogens is 212 g/mol. The lowest BCUT2D eigenvalue weighted by Crippen LogP contribution is -2.51. The van der Waals surface area contributed by atoms with Gasteiger partial charge in [-0.15, -0.1) is 0 Å². The van der Waals surface area contributed by atoms with E-state index in [1.165, 1.54) is 44.9 Å². The SMILES string of the molecule is O=C(C1CCCCN1)N1CCC2CCCCC21. The van der Waals surface area contributed by atoms with Gasteiger partial charge in [-0.25, -0.2) is 0 Å². The first kappa shape index (κ1) is 11.5. The van der Waals surface area contributed by atoms with Crippen LogP contribution in [0.4, 0.5) is 0 Å². The summed E-state index contributed by atoms with van der Waals surface area (Å²) < 4.78 is 0. The van der Waals surface area contributed by atoms with E-state index >= 15 is 0 Å². The number of nitrogens with zero attached hydrogens (tertiary/aromatic N) is 1. The fraction of sp³-hybridized carbons (Fsp3) is 0.929. The Morgan fingerprint density at radius 3 is 2.65 bits per heavy atom. The second-order valence-electron chi connectivity index (χ2n) is 5.93. The largest absolute Gasteiger partial charge is 0.338 e. The van der Waals surface area contributed by atoms with Crippen molar-refractivity contribution in [3.8, 4) is 0 Å². The second-order valence-corrected chi connectivity index (χ2v) is 5.93. The molecule has 0 bridgehead atoms. The monoisotopic (exact) mass is 236 g/mol. The van der Waals surface area contributed by atoms with Crippen LogP contribution in [0, 0.1) is 5.92 Å². The molecular formula is C14H24N2O. The van der Waals surface area contributed by atoms with Crippen molar-refractivity contribution in [2.24, 2.45) is 5.92 Å². The van der Waals surface area contributed by atoms with Crippen LogP contribution in [0.2, 0.25) is 0 Å². The maximum Gasteiger partial charge on any atom is 0.239 e. The molecule has 3 rings (SSSR count). The van der Waals surface area contributed by atoms with Gasteiger partial charge in [0.1, 0.15) is 0 Å². The number of nitrogens with one attached hydrogen (secondary N) is 1. The van der Waals surface area contributed by atoms with Crippen molar-refractivity contribution in [2.45, 2.75) is 63.5 Å². The Hall–Kier alpha value is -0.570. The predicted octanol–water partition coefficient (Wildman–Crippen LogP) is 1.92. The fourth-order valence-corrected chi connectivity index (χ4v) is 3.94. The van der Waals surface area contributed by atoms with Crippen molar-refractivity contribution in [2.75, 3.05) is 13.1 Å². The summed E-state index contributed by atoms with van der Waals surface area (Å²) in [5.74, 6) is 1.22. The summed E-state index contributed by atoms with van der Waals surface area (Å²) >= 11 is 0. The van der Waals surface area contributed by atoms with Gasteiger partial charge in [-0.05, 0) is 44.6 Å². The van der Waals surface area contributed by atoms with Gasteiger partial charge in [0.05, 0.1) is 6.04 Å². The van der Waals surface area contributed by atoms with Gasteiger partial charge in [0, 0.05) is 12.6 Å². The minimum absolute atomic E-state index is 0.129. The van der Waals surface area contributed by atoms with Crippen LogP contribution >= 0.6 is 0 Å². The molecule has 3 heteroatoms. The third-order valence-electron chi connectivity index (χ3n) is 4.90. The summed E-state index contributed by atoms with van der Waals surface area (Å²) in [5, 5.41) is 3.40. The van der Waals surface area contributed by atoms with E-state index in [0.29, 0.717) is 11.9 Å². The van der Waals surface area contributed by atoms with Crippen LogP contribution in [0.5, 0.6) is 0 Å². The molecule has 3 nitrogen and oxygen atoms in total. The molecule has 3 fully saturated rings. The van der Waals surface area contributed by atoms with Gasteiger partial charge >= 0.3 is 0 Å². The Bertz CT molecular complexity index is 286. The molecule has 0 aromatic heterocycles. The number of hydrogen-bond acceptors (Lipinski definition) is 2. The maximum absolute atomic E-state index is 12.5. The lowest BCUT2D eigenvalue weighted by molar-refractivity contribution is -0.135. The number of amides is 1. The average molecular weight is 236 g/mol. The van der Waals surface area contributed by atoms with Gasteiger partial charge in [-0.2, -0.15) is 0 Å². The quantitative estimate of drug-likeness (QED) is 0.754. The van der Waals surface area contributed by atoms with E-state index in [1.54, 1.807) is 0 Å². The van der Waals surface area contributed by atoms with Crippen LogP contribution in [0.15, 0.2) is 0 Å². The van der Waals surface area contributed by atoms with E-state index in [-0.39, 0.29) is 6.04 Å². The van der Waals surface area contributed by atoms with Gasteiger partial charge in [-0.1, -0.05) is 19.3 Å². The Labute approximate surface area is 104 Å². The molecule has 96 valence electrons. The normalized spacial score (nSPS) is 37.9. The summed E-state index contributed by atoms with van der Waals surface area (Å²) in [6, 6.07) is 0.712. The first-order valence-corrected chi connectivity index (χ1v) is 7.40. The highest BCUT2D eigenvalue weighted by atomic mass is 16.2. The van der Waals surface area contributed by atoms with Gasteiger partial charge in [0.15, 0.2) is 0 Å². The zero-order valence-electron chi connectivity index (χ0n) is 10.7. The zero-order chi connectivity index (χ0) is 11.7. The third kappa shape index (κ3) is 2.22. The van der Waals surface area contributed by atoms with Crippen LogP contribution in [0.1, 0.15) is 51.4 Å². The smallest absolute Gasteiger partial charge is 0.239 e. The average Bonchev–Trinajstić information content (AvgIpc) is 2.83. The summed E-state index contributed by atoms with van der Waals surface area (Å²) in [6.07, 6.45) is 10.1. The summed E-state index contributed by atoms with van der Waals surface area (Å²) in [6.45, 7) is 2.05. The summed E-state index contributed by atoms with van der Waals surface area (Å²) in [5.41, 5.74) is 0. The van der Waals surface area contributed by atoms with Crippen molar-refractivity contribution in [1.29, 1.82) is 0 Å². The number of rotatable bonds is 1. The standard InChI is InChI=1S/C14H24N2O/c17-14(12-6-3-4-9-15-12)16-10-8-11-5-1-2-7-13(11)16/h11-13,15H,1-10H2. The second kappa shape index (κ2) is 4.97. The van der Waals surface area contributed by atoms with E-state index in [0.717, 1.165) is 25.4 Å². The summed E-state index contributed by atoms with van der Waals surface area (Å²) in [7, 11) is 0. The van der Waals surface area contributed by atoms with Gasteiger partial charge < -0.3 is 10.2 Å². The molecule has 0 aromatic carbocycles. The van der Waals surface area contributed by atoms with Crippen molar-refractivity contribution in [3.63, 3.8) is 0 Å².